The third-order valence-corrected chi connectivity index (χ3v) is 5.29. The molecule has 0 saturated carbocycles. The number of rotatable bonds is 6. The summed E-state index contributed by atoms with van der Waals surface area (Å²) < 4.78 is 0. The van der Waals surface area contributed by atoms with Crippen molar-refractivity contribution in [3.63, 3.8) is 0 Å². The van der Waals surface area contributed by atoms with Crippen LogP contribution in [0, 0.1) is 0 Å². The lowest BCUT2D eigenvalue weighted by atomic mass is 9.97. The molecule has 0 radical (unpaired) electrons. The molecule has 7 N–H and O–H groups in total. The summed E-state index contributed by atoms with van der Waals surface area (Å²) in [4.78, 5) is 37.4. The first-order chi connectivity index (χ1) is 16.8. The van der Waals surface area contributed by atoms with Crippen LogP contribution in [0.25, 0.3) is 11.1 Å². The van der Waals surface area contributed by atoms with Gasteiger partial charge in [0, 0.05) is 28.3 Å². The van der Waals surface area contributed by atoms with E-state index in [0.29, 0.717) is 39.4 Å². The number of amides is 2. The predicted octanol–water partition coefficient (Wildman–Crippen LogP) is 4.72. The summed E-state index contributed by atoms with van der Waals surface area (Å²) in [5, 5.41) is 15.1. The van der Waals surface area contributed by atoms with Crippen LogP contribution in [0.5, 0.6) is 0 Å². The first-order valence-corrected chi connectivity index (χ1v) is 10.6. The molecular weight excluding hydrogens is 444 g/mol. The molecule has 0 saturated heterocycles. The lowest BCUT2D eigenvalue weighted by molar-refractivity contribution is 0.0692. The first-order valence-electron chi connectivity index (χ1n) is 10.6. The van der Waals surface area contributed by atoms with Crippen molar-refractivity contribution >= 4 is 40.5 Å². The Morgan fingerprint density at radius 1 is 0.600 bits per heavy atom. The molecule has 0 aliphatic carbocycles. The number of aromatic carboxylic acids is 1. The van der Waals surface area contributed by atoms with Crippen LogP contribution < -0.4 is 22.1 Å². The molecule has 0 heterocycles. The normalized spacial score (nSPS) is 10.4. The van der Waals surface area contributed by atoms with E-state index in [9.17, 15) is 19.5 Å². The number of carboxylic acids is 1. The lowest BCUT2D eigenvalue weighted by Crippen LogP contribution is -2.16. The van der Waals surface area contributed by atoms with Crippen molar-refractivity contribution in [1.29, 1.82) is 0 Å². The molecule has 0 unspecified atom stereocenters. The molecule has 4 rings (SSSR count). The lowest BCUT2D eigenvalue weighted by Gasteiger charge is -2.12. The Bertz CT molecular complexity index is 1410. The van der Waals surface area contributed by atoms with Gasteiger partial charge < -0.3 is 27.2 Å². The highest BCUT2D eigenvalue weighted by molar-refractivity contribution is 6.11. The molecule has 174 valence electrons. The second-order valence-corrected chi connectivity index (χ2v) is 7.80. The second kappa shape index (κ2) is 9.80. The highest BCUT2D eigenvalue weighted by Crippen LogP contribution is 2.25. The maximum absolute atomic E-state index is 12.9. The molecule has 8 heteroatoms. The van der Waals surface area contributed by atoms with E-state index in [0.717, 1.165) is 0 Å². The van der Waals surface area contributed by atoms with Crippen LogP contribution in [0.4, 0.5) is 22.7 Å². The topological polar surface area (TPSA) is 148 Å². The van der Waals surface area contributed by atoms with Crippen LogP contribution in [0.15, 0.2) is 91.0 Å². The van der Waals surface area contributed by atoms with Gasteiger partial charge in [0.1, 0.15) is 0 Å². The van der Waals surface area contributed by atoms with Crippen LogP contribution in [-0.2, 0) is 0 Å². The third-order valence-electron chi connectivity index (χ3n) is 5.29. The largest absolute Gasteiger partial charge is 0.478 e. The van der Waals surface area contributed by atoms with Gasteiger partial charge in [0.25, 0.3) is 11.8 Å². The van der Waals surface area contributed by atoms with Crippen LogP contribution in [0.3, 0.4) is 0 Å². The summed E-state index contributed by atoms with van der Waals surface area (Å²) in [6.07, 6.45) is 0. The van der Waals surface area contributed by atoms with Crippen molar-refractivity contribution in [2.75, 3.05) is 22.1 Å². The number of anilines is 4. The molecule has 0 aliphatic heterocycles. The third kappa shape index (κ3) is 5.45. The number of benzene rings is 4. The average Bonchev–Trinajstić information content (AvgIpc) is 2.86. The molecule has 4 aromatic carbocycles. The van der Waals surface area contributed by atoms with E-state index in [1.165, 1.54) is 12.1 Å². The van der Waals surface area contributed by atoms with E-state index < -0.39 is 11.9 Å². The van der Waals surface area contributed by atoms with Gasteiger partial charge in [-0.15, -0.1) is 0 Å². The fraction of sp³-hybridized carbons (Fsp3) is 0. The monoisotopic (exact) mass is 466 g/mol. The van der Waals surface area contributed by atoms with Crippen molar-refractivity contribution in [2.24, 2.45) is 0 Å². The molecule has 8 nitrogen and oxygen atoms in total. The summed E-state index contributed by atoms with van der Waals surface area (Å²) in [7, 11) is 0. The van der Waals surface area contributed by atoms with Gasteiger partial charge in [-0.1, -0.05) is 18.2 Å². The summed E-state index contributed by atoms with van der Waals surface area (Å²) in [6, 6.07) is 24.6. The van der Waals surface area contributed by atoms with Crippen LogP contribution in [0.2, 0.25) is 0 Å². The first kappa shape index (κ1) is 23.1. The zero-order valence-corrected chi connectivity index (χ0v) is 18.5. The number of nitrogens with one attached hydrogen (secondary N) is 2. The minimum absolute atomic E-state index is 0.0106. The van der Waals surface area contributed by atoms with E-state index in [2.05, 4.69) is 10.6 Å². The van der Waals surface area contributed by atoms with Crippen molar-refractivity contribution in [3.05, 3.63) is 108 Å². The van der Waals surface area contributed by atoms with E-state index in [1.807, 2.05) is 0 Å². The number of carboxylic acid groups (broad SMARTS) is 1. The number of hydrogen-bond donors (Lipinski definition) is 5. The van der Waals surface area contributed by atoms with E-state index in [1.54, 1.807) is 78.9 Å². The number of carbonyl (C=O) groups is 3. The highest BCUT2D eigenvalue weighted by Gasteiger charge is 2.18. The van der Waals surface area contributed by atoms with E-state index >= 15 is 0 Å². The SMILES string of the molecule is Nc1ccc(NC(=O)c2cccc(-c3ccc(C(=O)O)c(C(=O)Nc4ccc(N)cc4)c3)c2)cc1. The summed E-state index contributed by atoms with van der Waals surface area (Å²) in [6.45, 7) is 0. The van der Waals surface area contributed by atoms with Gasteiger partial charge in [0.2, 0.25) is 0 Å². The number of carbonyl (C=O) groups excluding carboxylic acids is 2. The fourth-order valence-electron chi connectivity index (χ4n) is 3.47. The zero-order chi connectivity index (χ0) is 24.9. The molecule has 0 fully saturated rings. The fourth-order valence-corrected chi connectivity index (χ4v) is 3.47. The molecule has 2 amide bonds. The number of hydrogen-bond acceptors (Lipinski definition) is 5. The van der Waals surface area contributed by atoms with Gasteiger partial charge in [0.15, 0.2) is 0 Å². The van der Waals surface area contributed by atoms with E-state index in [-0.39, 0.29) is 17.0 Å². The Kier molecular flexibility index (Phi) is 6.46. The summed E-state index contributed by atoms with van der Waals surface area (Å²) in [5.74, 6) is -2.12. The average molecular weight is 466 g/mol. The maximum Gasteiger partial charge on any atom is 0.336 e. The number of nitrogens with two attached hydrogens (primary N) is 2. The Morgan fingerprint density at radius 3 is 1.71 bits per heavy atom. The molecule has 35 heavy (non-hydrogen) atoms. The Labute approximate surface area is 201 Å². The quantitative estimate of drug-likeness (QED) is 0.260. The standard InChI is InChI=1S/C27H22N4O4/c28-19-5-9-21(10-6-19)30-25(32)18-3-1-2-16(14-18)17-4-13-23(27(34)35)24(15-17)26(33)31-22-11-7-20(29)8-12-22/h1-15H,28-29H2,(H,30,32)(H,31,33)(H,34,35). The van der Waals surface area contributed by atoms with Gasteiger partial charge in [-0.3, -0.25) is 9.59 Å². The minimum Gasteiger partial charge on any atom is -0.478 e. The van der Waals surface area contributed by atoms with Gasteiger partial charge in [-0.05, 0) is 83.9 Å². The molecule has 0 bridgehead atoms. The Balaban J connectivity index is 1.62. The molecule has 0 aliphatic rings. The zero-order valence-electron chi connectivity index (χ0n) is 18.5. The molecular formula is C27H22N4O4. The van der Waals surface area contributed by atoms with Crippen LogP contribution >= 0.6 is 0 Å². The Morgan fingerprint density at radius 2 is 1.14 bits per heavy atom. The summed E-state index contributed by atoms with van der Waals surface area (Å²) >= 11 is 0. The smallest absolute Gasteiger partial charge is 0.336 e. The van der Waals surface area contributed by atoms with Crippen molar-refractivity contribution in [3.8, 4) is 11.1 Å². The van der Waals surface area contributed by atoms with Gasteiger partial charge >= 0.3 is 5.97 Å². The van der Waals surface area contributed by atoms with Gasteiger partial charge in [-0.25, -0.2) is 4.79 Å². The second-order valence-electron chi connectivity index (χ2n) is 7.80. The molecule has 0 aromatic heterocycles. The molecule has 0 spiro atoms. The van der Waals surface area contributed by atoms with Gasteiger partial charge in [0.05, 0.1) is 11.1 Å². The van der Waals surface area contributed by atoms with E-state index in [4.69, 9.17) is 11.5 Å². The molecule has 4 aromatic rings. The predicted molar refractivity (Wildman–Crippen MR) is 136 cm³/mol. The highest BCUT2D eigenvalue weighted by atomic mass is 16.4. The maximum atomic E-state index is 12.9. The van der Waals surface area contributed by atoms with Crippen molar-refractivity contribution in [1.82, 2.24) is 0 Å². The van der Waals surface area contributed by atoms with Crippen LogP contribution in [0.1, 0.15) is 31.1 Å². The van der Waals surface area contributed by atoms with Crippen molar-refractivity contribution < 1.29 is 19.5 Å². The summed E-state index contributed by atoms with van der Waals surface area (Å²) in [5.41, 5.74) is 15.0. The van der Waals surface area contributed by atoms with Crippen molar-refractivity contribution in [2.45, 2.75) is 0 Å². The van der Waals surface area contributed by atoms with Crippen LogP contribution in [-0.4, -0.2) is 22.9 Å². The Hall–Kier alpha value is -5.11. The number of nitrogen functional groups attached to an aromatic ring is 2. The molecule has 0 atom stereocenters. The minimum atomic E-state index is -1.23. The van der Waals surface area contributed by atoms with Gasteiger partial charge in [-0.2, -0.15) is 0 Å².